The van der Waals surface area contributed by atoms with E-state index < -0.39 is 0 Å². The molecule has 0 spiro atoms. The van der Waals surface area contributed by atoms with E-state index in [2.05, 4.69) is 16.5 Å². The van der Waals surface area contributed by atoms with Crippen LogP contribution in [0.15, 0.2) is 18.3 Å². The molecule has 1 atom stereocenters. The number of ether oxygens (including phenoxy) is 1. The maximum Gasteiger partial charge on any atom is 0.222 e. The van der Waals surface area contributed by atoms with E-state index in [4.69, 9.17) is 9.72 Å². The van der Waals surface area contributed by atoms with Crippen molar-refractivity contribution in [2.45, 2.75) is 57.9 Å². The van der Waals surface area contributed by atoms with Gasteiger partial charge in [-0.15, -0.1) is 0 Å². The number of methoxy groups -OCH3 is 1. The van der Waals surface area contributed by atoms with Crippen molar-refractivity contribution in [3.8, 4) is 0 Å². The number of aromatic nitrogens is 3. The number of carbonyl (C=O) groups is 1. The van der Waals surface area contributed by atoms with Crippen LogP contribution in [0.4, 0.5) is 0 Å². The molecule has 0 unspecified atom stereocenters. The molecule has 1 aliphatic rings. The van der Waals surface area contributed by atoms with Crippen LogP contribution in [0.3, 0.4) is 0 Å². The predicted molar refractivity (Wildman–Crippen MR) is 102 cm³/mol. The van der Waals surface area contributed by atoms with Crippen LogP contribution in [0.25, 0.3) is 11.2 Å². The van der Waals surface area contributed by atoms with Crippen molar-refractivity contribution in [3.63, 3.8) is 0 Å². The first-order valence-electron chi connectivity index (χ1n) is 9.79. The summed E-state index contributed by atoms with van der Waals surface area (Å²) < 4.78 is 7.49. The molecule has 1 fully saturated rings. The van der Waals surface area contributed by atoms with Crippen molar-refractivity contribution in [2.24, 2.45) is 0 Å². The second-order valence-corrected chi connectivity index (χ2v) is 7.20. The minimum absolute atomic E-state index is 0.163. The molecule has 1 aliphatic heterocycles. The minimum atomic E-state index is 0.163. The smallest absolute Gasteiger partial charge is 0.222 e. The largest absolute Gasteiger partial charge is 0.383 e. The number of likely N-dealkylation sites (tertiary alicyclic amines) is 1. The van der Waals surface area contributed by atoms with Gasteiger partial charge in [-0.2, -0.15) is 0 Å². The molecule has 6 nitrogen and oxygen atoms in total. The van der Waals surface area contributed by atoms with Gasteiger partial charge in [0.05, 0.1) is 12.6 Å². The quantitative estimate of drug-likeness (QED) is 0.761. The number of carbonyl (C=O) groups excluding carboxylic acids is 1. The van der Waals surface area contributed by atoms with Crippen LogP contribution in [0, 0.1) is 0 Å². The van der Waals surface area contributed by atoms with Crippen LogP contribution >= 0.6 is 0 Å². The molecule has 0 bridgehead atoms. The van der Waals surface area contributed by atoms with Crippen LogP contribution in [-0.2, 0) is 16.0 Å². The number of nitrogens with zero attached hydrogens (tertiary/aromatic N) is 4. The van der Waals surface area contributed by atoms with Gasteiger partial charge in [-0.05, 0) is 38.3 Å². The van der Waals surface area contributed by atoms with E-state index in [1.807, 2.05) is 17.0 Å². The lowest BCUT2D eigenvalue weighted by Crippen LogP contribution is -2.31. The van der Waals surface area contributed by atoms with Gasteiger partial charge in [-0.25, -0.2) is 9.97 Å². The zero-order valence-electron chi connectivity index (χ0n) is 16.0. The molecule has 2 aromatic heterocycles. The summed E-state index contributed by atoms with van der Waals surface area (Å²) in [6.45, 7) is 4.57. The van der Waals surface area contributed by atoms with Gasteiger partial charge in [0.15, 0.2) is 5.65 Å². The highest BCUT2D eigenvalue weighted by Crippen LogP contribution is 2.21. The number of fused-ring (bicyclic) bond motifs is 1. The minimum Gasteiger partial charge on any atom is -0.383 e. The lowest BCUT2D eigenvalue weighted by atomic mass is 10.2. The first-order chi connectivity index (χ1) is 12.7. The molecule has 26 heavy (non-hydrogen) atoms. The highest BCUT2D eigenvalue weighted by Gasteiger charge is 2.18. The molecule has 0 saturated carbocycles. The summed E-state index contributed by atoms with van der Waals surface area (Å²) in [4.78, 5) is 23.8. The summed E-state index contributed by atoms with van der Waals surface area (Å²) >= 11 is 0. The van der Waals surface area contributed by atoms with Gasteiger partial charge >= 0.3 is 0 Å². The van der Waals surface area contributed by atoms with Gasteiger partial charge in [0.25, 0.3) is 0 Å². The first-order valence-corrected chi connectivity index (χ1v) is 9.79. The van der Waals surface area contributed by atoms with Crippen LogP contribution in [0.2, 0.25) is 0 Å². The Morgan fingerprint density at radius 2 is 2.04 bits per heavy atom. The summed E-state index contributed by atoms with van der Waals surface area (Å²) in [5, 5.41) is 0. The van der Waals surface area contributed by atoms with Gasteiger partial charge in [0, 0.05) is 39.2 Å². The molecule has 1 saturated heterocycles. The predicted octanol–water partition coefficient (Wildman–Crippen LogP) is 3.36. The number of hydrogen-bond donors (Lipinski definition) is 0. The van der Waals surface area contributed by atoms with Crippen LogP contribution < -0.4 is 0 Å². The van der Waals surface area contributed by atoms with Gasteiger partial charge in [0.1, 0.15) is 11.3 Å². The molecule has 1 amide bonds. The molecule has 0 aliphatic carbocycles. The Kier molecular flexibility index (Phi) is 6.61. The van der Waals surface area contributed by atoms with Gasteiger partial charge < -0.3 is 14.2 Å². The fraction of sp³-hybridized carbons (Fsp3) is 0.650. The van der Waals surface area contributed by atoms with Crippen molar-refractivity contribution >= 4 is 17.1 Å². The summed E-state index contributed by atoms with van der Waals surface area (Å²) in [7, 11) is 1.71. The second kappa shape index (κ2) is 9.12. The Morgan fingerprint density at radius 1 is 1.27 bits per heavy atom. The van der Waals surface area contributed by atoms with E-state index in [0.717, 1.165) is 55.8 Å². The van der Waals surface area contributed by atoms with Crippen LogP contribution in [0.5, 0.6) is 0 Å². The van der Waals surface area contributed by atoms with Crippen LogP contribution in [0.1, 0.15) is 57.3 Å². The molecule has 6 heteroatoms. The monoisotopic (exact) mass is 358 g/mol. The molecule has 0 radical (unpaired) electrons. The maximum absolute atomic E-state index is 12.5. The number of rotatable bonds is 7. The number of hydrogen-bond acceptors (Lipinski definition) is 4. The average Bonchev–Trinajstić information content (AvgIpc) is 2.80. The second-order valence-electron chi connectivity index (χ2n) is 7.20. The molecular formula is C20H30N4O2. The summed E-state index contributed by atoms with van der Waals surface area (Å²) in [5.74, 6) is 1.28. The Bertz CT molecular complexity index is 720. The maximum atomic E-state index is 12.5. The SMILES string of the molecule is COC[C@@H](C)n1c(CCCC(=O)N2CCCCCC2)nc2cccnc21. The fourth-order valence-corrected chi connectivity index (χ4v) is 3.81. The Morgan fingerprint density at radius 3 is 2.77 bits per heavy atom. The third kappa shape index (κ3) is 4.41. The Hall–Kier alpha value is -1.95. The van der Waals surface area contributed by atoms with Gasteiger partial charge in [-0.1, -0.05) is 12.8 Å². The summed E-state index contributed by atoms with van der Waals surface area (Å²) in [5.41, 5.74) is 1.80. The average molecular weight is 358 g/mol. The van der Waals surface area contributed by atoms with Crippen molar-refractivity contribution in [2.75, 3.05) is 26.8 Å². The normalized spacial score (nSPS) is 16.6. The van der Waals surface area contributed by atoms with E-state index in [1.54, 1.807) is 13.3 Å². The van der Waals surface area contributed by atoms with E-state index in [-0.39, 0.29) is 11.9 Å². The van der Waals surface area contributed by atoms with Crippen LogP contribution in [-0.4, -0.2) is 52.1 Å². The van der Waals surface area contributed by atoms with Crippen molar-refractivity contribution < 1.29 is 9.53 Å². The van der Waals surface area contributed by atoms with E-state index in [9.17, 15) is 4.79 Å². The van der Waals surface area contributed by atoms with Crippen molar-refractivity contribution in [1.82, 2.24) is 19.4 Å². The zero-order chi connectivity index (χ0) is 18.4. The van der Waals surface area contributed by atoms with E-state index >= 15 is 0 Å². The summed E-state index contributed by atoms with van der Waals surface area (Å²) in [6.07, 6.45) is 8.77. The zero-order valence-corrected chi connectivity index (χ0v) is 16.0. The molecular weight excluding hydrogens is 328 g/mol. The summed E-state index contributed by atoms with van der Waals surface area (Å²) in [6, 6.07) is 4.06. The lowest BCUT2D eigenvalue weighted by molar-refractivity contribution is -0.131. The highest BCUT2D eigenvalue weighted by molar-refractivity contribution is 5.76. The third-order valence-electron chi connectivity index (χ3n) is 5.12. The molecule has 0 aromatic carbocycles. The number of pyridine rings is 1. The lowest BCUT2D eigenvalue weighted by Gasteiger charge is -2.20. The molecule has 0 N–H and O–H groups in total. The van der Waals surface area contributed by atoms with E-state index in [1.165, 1.54) is 12.8 Å². The van der Waals surface area contributed by atoms with Crippen molar-refractivity contribution in [1.29, 1.82) is 0 Å². The van der Waals surface area contributed by atoms with Crippen molar-refractivity contribution in [3.05, 3.63) is 24.2 Å². The highest BCUT2D eigenvalue weighted by atomic mass is 16.5. The number of amides is 1. The number of imidazole rings is 1. The molecule has 2 aromatic rings. The Labute approximate surface area is 155 Å². The molecule has 3 heterocycles. The topological polar surface area (TPSA) is 60.2 Å². The van der Waals surface area contributed by atoms with E-state index in [0.29, 0.717) is 13.0 Å². The third-order valence-corrected chi connectivity index (χ3v) is 5.12. The Balaban J connectivity index is 1.66. The van der Waals surface area contributed by atoms with Gasteiger partial charge in [-0.3, -0.25) is 4.79 Å². The molecule has 142 valence electrons. The van der Waals surface area contributed by atoms with Gasteiger partial charge in [0.2, 0.25) is 5.91 Å². The standard InChI is InChI=1S/C20H30N4O2/c1-16(15-26-2)24-18(22-17-9-8-12-21-20(17)24)10-7-11-19(25)23-13-5-3-4-6-14-23/h8-9,12,16H,3-7,10-11,13-15H2,1-2H3/t16-/m1/s1. The molecule has 3 rings (SSSR count). The fourth-order valence-electron chi connectivity index (χ4n) is 3.81. The first kappa shape index (κ1) is 18.8. The number of aryl methyl sites for hydroxylation is 1.